The Morgan fingerprint density at radius 3 is 2.29 bits per heavy atom. The predicted molar refractivity (Wildman–Crippen MR) is 66.6 cm³/mol. The second-order valence-corrected chi connectivity index (χ2v) is 6.29. The van der Waals surface area contributed by atoms with Crippen LogP contribution in [0.5, 0.6) is 0 Å². The number of halogens is 1. The lowest BCUT2D eigenvalue weighted by atomic mass is 10.2. The Morgan fingerprint density at radius 1 is 1.00 bits per heavy atom. The van der Waals surface area contributed by atoms with Crippen molar-refractivity contribution in [1.82, 2.24) is 0 Å². The molecule has 17 heavy (non-hydrogen) atoms. The molecular weight excluding hydrogens is 264 g/mol. The van der Waals surface area contributed by atoms with Gasteiger partial charge in [0.2, 0.25) is 9.05 Å². The molecular formula is C11H15ClO4S. The van der Waals surface area contributed by atoms with E-state index < -0.39 is 9.05 Å². The molecule has 0 radical (unpaired) electrons. The van der Waals surface area contributed by atoms with E-state index in [1.807, 2.05) is 30.3 Å². The third kappa shape index (κ3) is 8.15. The van der Waals surface area contributed by atoms with Crippen molar-refractivity contribution in [3.63, 3.8) is 0 Å². The standard InChI is InChI=1S/C11H15ClO4S/c12-17(13,14)9-8-15-6-7-16-10-11-4-2-1-3-5-11/h1-5H,6-10H2. The van der Waals surface area contributed by atoms with E-state index in [1.54, 1.807) is 0 Å². The van der Waals surface area contributed by atoms with Crippen LogP contribution in [-0.2, 0) is 25.1 Å². The van der Waals surface area contributed by atoms with Crippen molar-refractivity contribution >= 4 is 19.7 Å². The van der Waals surface area contributed by atoms with E-state index in [0.717, 1.165) is 5.56 Å². The highest BCUT2D eigenvalue weighted by atomic mass is 35.7. The van der Waals surface area contributed by atoms with Gasteiger partial charge in [-0.25, -0.2) is 8.42 Å². The normalized spacial score (nSPS) is 11.6. The zero-order valence-electron chi connectivity index (χ0n) is 9.34. The fourth-order valence-corrected chi connectivity index (χ4v) is 1.65. The van der Waals surface area contributed by atoms with Gasteiger partial charge in [0.15, 0.2) is 0 Å². The molecule has 0 atom stereocenters. The lowest BCUT2D eigenvalue weighted by Crippen LogP contribution is -2.10. The van der Waals surface area contributed by atoms with Crippen LogP contribution in [0.2, 0.25) is 0 Å². The minimum Gasteiger partial charge on any atom is -0.378 e. The summed E-state index contributed by atoms with van der Waals surface area (Å²) in [5, 5.41) is 0. The summed E-state index contributed by atoms with van der Waals surface area (Å²) < 4.78 is 31.5. The van der Waals surface area contributed by atoms with Crippen molar-refractivity contribution in [3.05, 3.63) is 35.9 Å². The Morgan fingerprint density at radius 2 is 1.65 bits per heavy atom. The molecule has 0 amide bonds. The number of ether oxygens (including phenoxy) is 2. The molecule has 1 aromatic rings. The Kier molecular flexibility index (Phi) is 6.50. The SMILES string of the molecule is O=S(=O)(Cl)CCOCCOCc1ccccc1. The third-order valence-electron chi connectivity index (χ3n) is 1.96. The van der Waals surface area contributed by atoms with Gasteiger partial charge in [0.25, 0.3) is 0 Å². The lowest BCUT2D eigenvalue weighted by molar-refractivity contribution is 0.0459. The third-order valence-corrected chi connectivity index (χ3v) is 3.07. The molecule has 0 unspecified atom stereocenters. The lowest BCUT2D eigenvalue weighted by Gasteiger charge is -2.05. The topological polar surface area (TPSA) is 52.6 Å². The highest BCUT2D eigenvalue weighted by Crippen LogP contribution is 2.00. The minimum absolute atomic E-state index is 0.0977. The fourth-order valence-electron chi connectivity index (χ4n) is 1.14. The average Bonchev–Trinajstić information content (AvgIpc) is 2.28. The molecule has 0 aromatic heterocycles. The second kappa shape index (κ2) is 7.66. The molecule has 96 valence electrons. The van der Waals surface area contributed by atoms with E-state index in [0.29, 0.717) is 19.8 Å². The van der Waals surface area contributed by atoms with Crippen molar-refractivity contribution in [1.29, 1.82) is 0 Å². The summed E-state index contributed by atoms with van der Waals surface area (Å²) in [5.41, 5.74) is 1.09. The zero-order chi connectivity index (χ0) is 12.6. The average molecular weight is 279 g/mol. The molecule has 0 N–H and O–H groups in total. The summed E-state index contributed by atoms with van der Waals surface area (Å²) in [5.74, 6) is -0.173. The van der Waals surface area contributed by atoms with Crippen LogP contribution in [0.4, 0.5) is 0 Å². The maximum absolute atomic E-state index is 10.6. The van der Waals surface area contributed by atoms with Gasteiger partial charge in [-0.05, 0) is 5.56 Å². The summed E-state index contributed by atoms with van der Waals surface area (Å²) in [6, 6.07) is 9.78. The first-order valence-corrected chi connectivity index (χ1v) is 7.67. The van der Waals surface area contributed by atoms with Crippen LogP contribution >= 0.6 is 10.7 Å². The van der Waals surface area contributed by atoms with Gasteiger partial charge in [0, 0.05) is 10.7 Å². The largest absolute Gasteiger partial charge is 0.378 e. The van der Waals surface area contributed by atoms with Crippen LogP contribution in [0.25, 0.3) is 0 Å². The molecule has 1 rings (SSSR count). The van der Waals surface area contributed by atoms with Crippen molar-refractivity contribution in [2.24, 2.45) is 0 Å². The maximum Gasteiger partial charge on any atom is 0.234 e. The molecule has 0 spiro atoms. The summed E-state index contributed by atoms with van der Waals surface area (Å²) in [6.07, 6.45) is 0. The number of rotatable bonds is 8. The first-order chi connectivity index (χ1) is 8.08. The summed E-state index contributed by atoms with van der Waals surface area (Å²) in [4.78, 5) is 0. The minimum atomic E-state index is -3.45. The smallest absolute Gasteiger partial charge is 0.234 e. The van der Waals surface area contributed by atoms with E-state index in [-0.39, 0.29) is 12.4 Å². The second-order valence-electron chi connectivity index (χ2n) is 3.39. The summed E-state index contributed by atoms with van der Waals surface area (Å²) in [6.45, 7) is 1.41. The predicted octanol–water partition coefficient (Wildman–Crippen LogP) is 1.79. The van der Waals surface area contributed by atoms with Crippen LogP contribution in [0.1, 0.15) is 5.56 Å². The van der Waals surface area contributed by atoms with Crippen LogP contribution < -0.4 is 0 Å². The molecule has 6 heteroatoms. The maximum atomic E-state index is 10.6. The highest BCUT2D eigenvalue weighted by molar-refractivity contribution is 8.13. The number of benzene rings is 1. The monoisotopic (exact) mass is 278 g/mol. The van der Waals surface area contributed by atoms with Crippen molar-refractivity contribution in [2.75, 3.05) is 25.6 Å². The molecule has 0 aliphatic rings. The number of hydrogen-bond acceptors (Lipinski definition) is 4. The van der Waals surface area contributed by atoms with Crippen molar-refractivity contribution < 1.29 is 17.9 Å². The van der Waals surface area contributed by atoms with E-state index in [9.17, 15) is 8.42 Å². The summed E-state index contributed by atoms with van der Waals surface area (Å²) >= 11 is 0. The van der Waals surface area contributed by atoms with Gasteiger partial charge in [-0.1, -0.05) is 30.3 Å². The zero-order valence-corrected chi connectivity index (χ0v) is 10.9. The van der Waals surface area contributed by atoms with Crippen molar-refractivity contribution in [3.8, 4) is 0 Å². The van der Waals surface area contributed by atoms with E-state index in [1.165, 1.54) is 0 Å². The first kappa shape index (κ1) is 14.4. The van der Waals surface area contributed by atoms with Crippen LogP contribution in [-0.4, -0.2) is 34.0 Å². The van der Waals surface area contributed by atoms with Crippen LogP contribution in [0, 0.1) is 0 Å². The quantitative estimate of drug-likeness (QED) is 0.537. The van der Waals surface area contributed by atoms with Gasteiger partial charge in [-0.2, -0.15) is 0 Å². The van der Waals surface area contributed by atoms with Crippen LogP contribution in [0.3, 0.4) is 0 Å². The van der Waals surface area contributed by atoms with Crippen LogP contribution in [0.15, 0.2) is 30.3 Å². The Labute approximate surface area is 106 Å². The van der Waals surface area contributed by atoms with Gasteiger partial charge < -0.3 is 9.47 Å². The summed E-state index contributed by atoms with van der Waals surface area (Å²) in [7, 11) is 1.56. The molecule has 4 nitrogen and oxygen atoms in total. The van der Waals surface area contributed by atoms with Gasteiger partial charge in [-0.3, -0.25) is 0 Å². The Balaban J connectivity index is 1.99. The van der Waals surface area contributed by atoms with E-state index in [2.05, 4.69) is 0 Å². The fraction of sp³-hybridized carbons (Fsp3) is 0.455. The molecule has 0 saturated heterocycles. The molecule has 0 aliphatic carbocycles. The first-order valence-electron chi connectivity index (χ1n) is 5.20. The molecule has 0 bridgehead atoms. The molecule has 0 heterocycles. The molecule has 0 fully saturated rings. The Bertz CT molecular complexity index is 405. The van der Waals surface area contributed by atoms with Gasteiger partial charge in [0.1, 0.15) is 0 Å². The van der Waals surface area contributed by atoms with E-state index >= 15 is 0 Å². The van der Waals surface area contributed by atoms with Gasteiger partial charge >= 0.3 is 0 Å². The van der Waals surface area contributed by atoms with Gasteiger partial charge in [-0.15, -0.1) is 0 Å². The van der Waals surface area contributed by atoms with Crippen molar-refractivity contribution in [2.45, 2.75) is 6.61 Å². The van der Waals surface area contributed by atoms with Gasteiger partial charge in [0.05, 0.1) is 32.2 Å². The Hall–Kier alpha value is -0.620. The molecule has 0 aliphatic heterocycles. The highest BCUT2D eigenvalue weighted by Gasteiger charge is 2.03. The molecule has 0 saturated carbocycles. The van der Waals surface area contributed by atoms with E-state index in [4.69, 9.17) is 20.2 Å². The molecule has 1 aromatic carbocycles. The number of hydrogen-bond donors (Lipinski definition) is 0.